The minimum atomic E-state index is 0.0509. The number of nitrogens with one attached hydrogen (secondary N) is 1. The molecule has 0 radical (unpaired) electrons. The van der Waals surface area contributed by atoms with Gasteiger partial charge in [0.05, 0.1) is 25.1 Å². The molecule has 1 aliphatic carbocycles. The molecule has 0 unspecified atom stereocenters. The fraction of sp³-hybridized carbons (Fsp3) is 0.125. The lowest BCUT2D eigenvalue weighted by molar-refractivity contribution is 0.282. The monoisotopic (exact) mass is 368 g/mol. The van der Waals surface area contributed by atoms with Crippen LogP contribution in [-0.4, -0.2) is 22.4 Å². The minimum Gasteiger partial charge on any atom is -0.497 e. The zero-order valence-corrected chi connectivity index (χ0v) is 15.6. The van der Waals surface area contributed by atoms with Crippen molar-refractivity contribution in [3.63, 3.8) is 0 Å². The van der Waals surface area contributed by atoms with Gasteiger partial charge in [-0.05, 0) is 40.5 Å². The second kappa shape index (κ2) is 6.66. The van der Waals surface area contributed by atoms with Crippen LogP contribution in [0.25, 0.3) is 33.6 Å². The van der Waals surface area contributed by atoms with Crippen molar-refractivity contribution < 1.29 is 9.84 Å². The third-order valence-corrected chi connectivity index (χ3v) is 5.42. The van der Waals surface area contributed by atoms with Crippen LogP contribution in [0.5, 0.6) is 5.75 Å². The number of aliphatic hydroxyl groups is 1. The number of ether oxygens (including phenoxy) is 1. The third kappa shape index (κ3) is 2.70. The number of fused-ring (bicyclic) bond motifs is 3. The number of aliphatic hydroxyl groups excluding tert-OH is 1. The Hall–Kier alpha value is -3.37. The quantitative estimate of drug-likeness (QED) is 0.478. The predicted octanol–water partition coefficient (Wildman–Crippen LogP) is 4.82. The maximum Gasteiger partial charge on any atom is 0.119 e. The molecule has 3 aromatic carbocycles. The lowest BCUT2D eigenvalue weighted by atomic mass is 10.0. The number of nitrogens with zero attached hydrogens (tertiary/aromatic N) is 1. The highest BCUT2D eigenvalue weighted by Gasteiger charge is 2.25. The Kier molecular flexibility index (Phi) is 3.99. The molecule has 4 aromatic rings. The van der Waals surface area contributed by atoms with E-state index in [0.717, 1.165) is 51.4 Å². The van der Waals surface area contributed by atoms with Crippen LogP contribution in [0, 0.1) is 0 Å². The van der Waals surface area contributed by atoms with Gasteiger partial charge in [0, 0.05) is 23.1 Å². The van der Waals surface area contributed by atoms with Crippen LogP contribution in [0.3, 0.4) is 0 Å². The second-order valence-corrected chi connectivity index (χ2v) is 7.06. The molecule has 2 N–H and O–H groups in total. The first kappa shape index (κ1) is 16.8. The largest absolute Gasteiger partial charge is 0.497 e. The zero-order chi connectivity index (χ0) is 19.1. The fourth-order valence-electron chi connectivity index (χ4n) is 3.92. The van der Waals surface area contributed by atoms with Crippen molar-refractivity contribution in [2.45, 2.75) is 13.0 Å². The highest BCUT2D eigenvalue weighted by Crippen LogP contribution is 2.40. The number of aromatic nitrogens is 2. The smallest absolute Gasteiger partial charge is 0.119 e. The van der Waals surface area contributed by atoms with Crippen molar-refractivity contribution in [1.82, 2.24) is 10.2 Å². The topological polar surface area (TPSA) is 58.1 Å². The highest BCUT2D eigenvalue weighted by molar-refractivity contribution is 5.82. The summed E-state index contributed by atoms with van der Waals surface area (Å²) in [5, 5.41) is 17.2. The summed E-state index contributed by atoms with van der Waals surface area (Å²) in [6.07, 6.45) is 0.861. The molecule has 0 saturated heterocycles. The fourth-order valence-corrected chi connectivity index (χ4v) is 3.92. The van der Waals surface area contributed by atoms with E-state index >= 15 is 0 Å². The molecule has 0 saturated carbocycles. The van der Waals surface area contributed by atoms with Gasteiger partial charge in [-0.1, -0.05) is 48.5 Å². The zero-order valence-electron chi connectivity index (χ0n) is 15.6. The van der Waals surface area contributed by atoms with Gasteiger partial charge in [-0.15, -0.1) is 0 Å². The molecule has 1 heterocycles. The van der Waals surface area contributed by atoms with Crippen LogP contribution in [0.1, 0.15) is 16.7 Å². The maximum atomic E-state index is 9.42. The maximum absolute atomic E-state index is 9.42. The Balaban J connectivity index is 1.49. The summed E-state index contributed by atoms with van der Waals surface area (Å²) in [7, 11) is 1.68. The average Bonchev–Trinajstić information content (AvgIpc) is 3.33. The standard InChI is InChI=1S/C24H20N2O2/c1-28-20-4-2-3-18(12-20)16-7-9-17(10-8-16)23-22-13-19-6-5-15(14-27)11-21(19)24(22)26-25-23/h2-12,27H,13-14H2,1H3,(H,25,26). The van der Waals surface area contributed by atoms with E-state index in [-0.39, 0.29) is 6.61 Å². The van der Waals surface area contributed by atoms with Crippen molar-refractivity contribution in [3.05, 3.63) is 83.4 Å². The molecule has 0 fully saturated rings. The summed E-state index contributed by atoms with van der Waals surface area (Å²) >= 11 is 0. The summed E-state index contributed by atoms with van der Waals surface area (Å²) in [5.41, 5.74) is 9.99. The van der Waals surface area contributed by atoms with Gasteiger partial charge in [-0.2, -0.15) is 5.10 Å². The molecule has 0 aliphatic heterocycles. The van der Waals surface area contributed by atoms with Crippen LogP contribution in [0.4, 0.5) is 0 Å². The number of hydrogen-bond acceptors (Lipinski definition) is 3. The van der Waals surface area contributed by atoms with Crippen molar-refractivity contribution in [1.29, 1.82) is 0 Å². The number of H-pyrrole nitrogens is 1. The van der Waals surface area contributed by atoms with E-state index in [1.165, 1.54) is 11.1 Å². The van der Waals surface area contributed by atoms with Crippen LogP contribution < -0.4 is 4.74 Å². The normalized spacial score (nSPS) is 11.9. The van der Waals surface area contributed by atoms with Crippen LogP contribution in [-0.2, 0) is 13.0 Å². The first-order valence-electron chi connectivity index (χ1n) is 9.32. The Morgan fingerprint density at radius 1 is 0.964 bits per heavy atom. The average molecular weight is 368 g/mol. The van der Waals surface area contributed by atoms with Crippen molar-refractivity contribution >= 4 is 0 Å². The van der Waals surface area contributed by atoms with Crippen LogP contribution in [0.15, 0.2) is 66.7 Å². The molecule has 4 heteroatoms. The van der Waals surface area contributed by atoms with E-state index in [9.17, 15) is 5.11 Å². The molecule has 28 heavy (non-hydrogen) atoms. The molecule has 0 amide bonds. The summed E-state index contributed by atoms with van der Waals surface area (Å²) in [6, 6.07) is 22.7. The van der Waals surface area contributed by atoms with E-state index in [2.05, 4.69) is 52.7 Å². The minimum absolute atomic E-state index is 0.0509. The molecular weight excluding hydrogens is 348 g/mol. The van der Waals surface area contributed by atoms with Crippen molar-refractivity contribution in [2.24, 2.45) is 0 Å². The van der Waals surface area contributed by atoms with Gasteiger partial charge in [0.25, 0.3) is 0 Å². The first-order chi connectivity index (χ1) is 13.8. The molecule has 1 aromatic heterocycles. The number of aromatic amines is 1. The Morgan fingerprint density at radius 2 is 1.79 bits per heavy atom. The molecule has 0 bridgehead atoms. The third-order valence-electron chi connectivity index (χ3n) is 5.42. The molecule has 1 aliphatic rings. The summed E-state index contributed by atoms with van der Waals surface area (Å²) in [5.74, 6) is 0.853. The van der Waals surface area contributed by atoms with Gasteiger partial charge >= 0.3 is 0 Å². The predicted molar refractivity (Wildman–Crippen MR) is 110 cm³/mol. The molecular formula is C24H20N2O2. The summed E-state index contributed by atoms with van der Waals surface area (Å²) < 4.78 is 5.33. The van der Waals surface area contributed by atoms with Gasteiger partial charge < -0.3 is 9.84 Å². The molecule has 0 spiro atoms. The number of hydrogen-bond donors (Lipinski definition) is 2. The highest BCUT2D eigenvalue weighted by atomic mass is 16.5. The Bertz CT molecular complexity index is 1160. The van der Waals surface area contributed by atoms with E-state index in [0.29, 0.717) is 0 Å². The van der Waals surface area contributed by atoms with Crippen LogP contribution in [0.2, 0.25) is 0 Å². The molecule has 4 nitrogen and oxygen atoms in total. The van der Waals surface area contributed by atoms with E-state index < -0.39 is 0 Å². The number of benzene rings is 3. The molecule has 5 rings (SSSR count). The van der Waals surface area contributed by atoms with Crippen molar-refractivity contribution in [2.75, 3.05) is 7.11 Å². The van der Waals surface area contributed by atoms with E-state index in [1.807, 2.05) is 24.3 Å². The second-order valence-electron chi connectivity index (χ2n) is 7.06. The Labute approximate surface area is 163 Å². The summed E-state index contributed by atoms with van der Waals surface area (Å²) in [4.78, 5) is 0. The lowest BCUT2D eigenvalue weighted by Crippen LogP contribution is -1.89. The van der Waals surface area contributed by atoms with E-state index in [1.54, 1.807) is 7.11 Å². The first-order valence-corrected chi connectivity index (χ1v) is 9.32. The molecule has 0 atom stereocenters. The van der Waals surface area contributed by atoms with Gasteiger partial charge in [0.15, 0.2) is 0 Å². The molecule has 138 valence electrons. The number of methoxy groups -OCH3 is 1. The van der Waals surface area contributed by atoms with Gasteiger partial charge in [0.1, 0.15) is 5.75 Å². The van der Waals surface area contributed by atoms with E-state index in [4.69, 9.17) is 4.74 Å². The van der Waals surface area contributed by atoms with Crippen LogP contribution >= 0.6 is 0 Å². The van der Waals surface area contributed by atoms with Gasteiger partial charge in [0.2, 0.25) is 0 Å². The van der Waals surface area contributed by atoms with Crippen molar-refractivity contribution in [3.8, 4) is 39.4 Å². The SMILES string of the molecule is COc1cccc(-c2ccc(-c3n[nH]c4c3Cc3ccc(CO)cc3-4)cc2)c1. The summed E-state index contributed by atoms with van der Waals surface area (Å²) in [6.45, 7) is 0.0509. The number of rotatable bonds is 4. The van der Waals surface area contributed by atoms with Gasteiger partial charge in [-0.25, -0.2) is 0 Å². The van der Waals surface area contributed by atoms with Gasteiger partial charge in [-0.3, -0.25) is 5.10 Å². The Morgan fingerprint density at radius 3 is 2.57 bits per heavy atom. The lowest BCUT2D eigenvalue weighted by Gasteiger charge is -2.06.